The SMILES string of the molecule is O[C@H]1C[C@H]2[C@H]3C[C@H](O)[C@H]4[C@H]3C[C@H]2[C@@H]41. The Morgan fingerprint density at radius 1 is 0.615 bits per heavy atom. The normalized spacial score (nSPS) is 72.5. The molecule has 0 radical (unpaired) electrons. The van der Waals surface area contributed by atoms with E-state index >= 15 is 0 Å². The van der Waals surface area contributed by atoms with Crippen molar-refractivity contribution in [2.45, 2.75) is 31.5 Å². The van der Waals surface area contributed by atoms with Gasteiger partial charge in [-0.05, 0) is 54.8 Å². The molecule has 8 atom stereocenters. The Bertz CT molecular complexity index is 235. The number of aliphatic hydroxyl groups excluding tert-OH is 2. The number of rotatable bonds is 0. The van der Waals surface area contributed by atoms with Gasteiger partial charge in [0.05, 0.1) is 12.2 Å². The lowest BCUT2D eigenvalue weighted by molar-refractivity contribution is 0.0365. The van der Waals surface area contributed by atoms with Gasteiger partial charge in [-0.15, -0.1) is 0 Å². The van der Waals surface area contributed by atoms with Crippen LogP contribution in [0.4, 0.5) is 0 Å². The summed E-state index contributed by atoms with van der Waals surface area (Å²) in [6, 6.07) is 0. The molecule has 0 aromatic rings. The highest BCUT2D eigenvalue weighted by molar-refractivity contribution is 5.17. The van der Waals surface area contributed by atoms with Crippen molar-refractivity contribution in [3.63, 3.8) is 0 Å². The van der Waals surface area contributed by atoms with Crippen molar-refractivity contribution in [1.82, 2.24) is 0 Å². The minimum absolute atomic E-state index is 0.0788. The van der Waals surface area contributed by atoms with E-state index in [-0.39, 0.29) is 12.2 Å². The molecule has 13 heavy (non-hydrogen) atoms. The van der Waals surface area contributed by atoms with Crippen LogP contribution in [0.1, 0.15) is 19.3 Å². The maximum Gasteiger partial charge on any atom is 0.0577 e. The molecule has 0 saturated heterocycles. The molecular formula is C11H16O2. The number of aliphatic hydroxyl groups is 2. The van der Waals surface area contributed by atoms with Crippen LogP contribution in [0.5, 0.6) is 0 Å². The summed E-state index contributed by atoms with van der Waals surface area (Å²) < 4.78 is 0. The summed E-state index contributed by atoms with van der Waals surface area (Å²) in [5, 5.41) is 19.9. The van der Waals surface area contributed by atoms with Gasteiger partial charge in [0.15, 0.2) is 0 Å². The average molecular weight is 180 g/mol. The number of hydrogen-bond donors (Lipinski definition) is 2. The first kappa shape index (κ1) is 7.24. The molecule has 72 valence electrons. The smallest absolute Gasteiger partial charge is 0.0577 e. The molecule has 0 aliphatic heterocycles. The highest BCUT2D eigenvalue weighted by atomic mass is 16.3. The van der Waals surface area contributed by atoms with Crippen LogP contribution in [0.2, 0.25) is 0 Å². The first-order chi connectivity index (χ1) is 6.27. The molecule has 4 fully saturated rings. The Labute approximate surface area is 78.0 Å². The third-order valence-corrected chi connectivity index (χ3v) is 5.54. The van der Waals surface area contributed by atoms with Crippen LogP contribution in [0, 0.1) is 35.5 Å². The third kappa shape index (κ3) is 0.608. The minimum atomic E-state index is -0.0788. The lowest BCUT2D eigenvalue weighted by Gasteiger charge is -2.27. The molecule has 0 spiro atoms. The molecule has 0 amide bonds. The van der Waals surface area contributed by atoms with E-state index in [0.717, 1.165) is 36.5 Å². The van der Waals surface area contributed by atoms with Gasteiger partial charge in [-0.25, -0.2) is 0 Å². The fourth-order valence-corrected chi connectivity index (χ4v) is 5.41. The fourth-order valence-electron chi connectivity index (χ4n) is 5.41. The zero-order valence-electron chi connectivity index (χ0n) is 7.63. The minimum Gasteiger partial charge on any atom is -0.393 e. The van der Waals surface area contributed by atoms with Crippen molar-refractivity contribution < 1.29 is 10.2 Å². The first-order valence-corrected chi connectivity index (χ1v) is 5.63. The van der Waals surface area contributed by atoms with Crippen molar-refractivity contribution in [2.24, 2.45) is 35.5 Å². The van der Waals surface area contributed by atoms with Crippen molar-refractivity contribution in [3.05, 3.63) is 0 Å². The highest BCUT2D eigenvalue weighted by Crippen LogP contribution is 2.70. The molecule has 2 nitrogen and oxygen atoms in total. The molecule has 4 rings (SSSR count). The van der Waals surface area contributed by atoms with Crippen LogP contribution >= 0.6 is 0 Å². The topological polar surface area (TPSA) is 40.5 Å². The van der Waals surface area contributed by atoms with E-state index in [9.17, 15) is 10.2 Å². The van der Waals surface area contributed by atoms with Crippen LogP contribution in [-0.4, -0.2) is 22.4 Å². The monoisotopic (exact) mass is 180 g/mol. The zero-order valence-corrected chi connectivity index (χ0v) is 7.63. The average Bonchev–Trinajstić information content (AvgIpc) is 2.67. The molecule has 2 bridgehead atoms. The Hall–Kier alpha value is -0.0800. The summed E-state index contributed by atoms with van der Waals surface area (Å²) in [6.45, 7) is 0. The zero-order chi connectivity index (χ0) is 8.74. The van der Waals surface area contributed by atoms with Crippen LogP contribution in [0.15, 0.2) is 0 Å². The van der Waals surface area contributed by atoms with Crippen molar-refractivity contribution in [1.29, 1.82) is 0 Å². The van der Waals surface area contributed by atoms with E-state index in [1.165, 1.54) is 6.42 Å². The second-order valence-corrected chi connectivity index (χ2v) is 5.65. The molecular weight excluding hydrogens is 164 g/mol. The molecule has 0 unspecified atom stereocenters. The van der Waals surface area contributed by atoms with Crippen molar-refractivity contribution in [3.8, 4) is 0 Å². The molecule has 2 N–H and O–H groups in total. The fraction of sp³-hybridized carbons (Fsp3) is 1.00. The molecule has 0 aromatic heterocycles. The Morgan fingerprint density at radius 3 is 1.54 bits per heavy atom. The van der Waals surface area contributed by atoms with Gasteiger partial charge in [0, 0.05) is 0 Å². The molecule has 0 heterocycles. The number of fused-ring (bicyclic) bond motifs is 2. The van der Waals surface area contributed by atoms with Crippen LogP contribution in [0.3, 0.4) is 0 Å². The van der Waals surface area contributed by atoms with E-state index in [1.807, 2.05) is 0 Å². The van der Waals surface area contributed by atoms with Gasteiger partial charge in [0.25, 0.3) is 0 Å². The van der Waals surface area contributed by atoms with Crippen molar-refractivity contribution in [2.75, 3.05) is 0 Å². The second-order valence-electron chi connectivity index (χ2n) is 5.65. The summed E-state index contributed by atoms with van der Waals surface area (Å²) >= 11 is 0. The largest absolute Gasteiger partial charge is 0.393 e. The summed E-state index contributed by atoms with van der Waals surface area (Å²) in [6.07, 6.45) is 3.24. The van der Waals surface area contributed by atoms with Gasteiger partial charge in [0.2, 0.25) is 0 Å². The van der Waals surface area contributed by atoms with Crippen molar-refractivity contribution >= 4 is 0 Å². The molecule has 4 aliphatic rings. The van der Waals surface area contributed by atoms with Crippen LogP contribution < -0.4 is 0 Å². The standard InChI is InChI=1S/C11H16O2/c12-8-2-4-5-3-9(13)11-7(5)1-6(4)10(8)11/h4-13H,1-3H2/t4-,5+,6+,7-,8-,9-,10+,11+/m0/s1. The van der Waals surface area contributed by atoms with Gasteiger partial charge in [0.1, 0.15) is 0 Å². The number of hydrogen-bond acceptors (Lipinski definition) is 2. The predicted octanol–water partition coefficient (Wildman–Crippen LogP) is 0.630. The van der Waals surface area contributed by atoms with Crippen LogP contribution in [0.25, 0.3) is 0 Å². The maximum absolute atomic E-state index is 9.93. The van der Waals surface area contributed by atoms with E-state index < -0.39 is 0 Å². The van der Waals surface area contributed by atoms with Gasteiger partial charge < -0.3 is 10.2 Å². The van der Waals surface area contributed by atoms with Crippen LogP contribution in [-0.2, 0) is 0 Å². The Balaban J connectivity index is 1.86. The Morgan fingerprint density at radius 2 is 1.08 bits per heavy atom. The van der Waals surface area contributed by atoms with E-state index in [0.29, 0.717) is 11.8 Å². The Kier molecular flexibility index (Phi) is 1.09. The third-order valence-electron chi connectivity index (χ3n) is 5.54. The predicted molar refractivity (Wildman–Crippen MR) is 46.8 cm³/mol. The van der Waals surface area contributed by atoms with E-state index in [1.54, 1.807) is 0 Å². The lowest BCUT2D eigenvalue weighted by Crippen LogP contribution is -2.30. The van der Waals surface area contributed by atoms with Gasteiger partial charge >= 0.3 is 0 Å². The van der Waals surface area contributed by atoms with Gasteiger partial charge in [-0.1, -0.05) is 0 Å². The highest BCUT2D eigenvalue weighted by Gasteiger charge is 2.68. The first-order valence-electron chi connectivity index (χ1n) is 5.63. The molecule has 4 saturated carbocycles. The summed E-state index contributed by atoms with van der Waals surface area (Å²) in [4.78, 5) is 0. The van der Waals surface area contributed by atoms with Gasteiger partial charge in [-0.3, -0.25) is 0 Å². The molecule has 2 heteroatoms. The summed E-state index contributed by atoms with van der Waals surface area (Å²) in [5.41, 5.74) is 0. The quantitative estimate of drug-likeness (QED) is 0.574. The van der Waals surface area contributed by atoms with E-state index in [4.69, 9.17) is 0 Å². The second kappa shape index (κ2) is 1.96. The molecule has 0 aromatic carbocycles. The van der Waals surface area contributed by atoms with E-state index in [2.05, 4.69) is 0 Å². The summed E-state index contributed by atoms with van der Waals surface area (Å²) in [5.74, 6) is 4.07. The lowest BCUT2D eigenvalue weighted by atomic mass is 9.79. The molecule has 4 aliphatic carbocycles. The maximum atomic E-state index is 9.93. The van der Waals surface area contributed by atoms with Gasteiger partial charge in [-0.2, -0.15) is 0 Å². The summed E-state index contributed by atoms with van der Waals surface area (Å²) in [7, 11) is 0.